The van der Waals surface area contributed by atoms with Gasteiger partial charge in [0.15, 0.2) is 0 Å². The highest BCUT2D eigenvalue weighted by atomic mass is 79.9. The normalized spacial score (nSPS) is 12.1. The van der Waals surface area contributed by atoms with Crippen LogP contribution in [0.3, 0.4) is 0 Å². The molecule has 0 saturated carbocycles. The van der Waals surface area contributed by atoms with Crippen molar-refractivity contribution in [2.75, 3.05) is 40.8 Å². The molecule has 0 rings (SSSR count). The molecule has 6 heteroatoms. The molecule has 1 N–H and O–H groups in total. The summed E-state index contributed by atoms with van der Waals surface area (Å²) in [5.74, 6) is 0.129. The van der Waals surface area contributed by atoms with Gasteiger partial charge < -0.3 is 31.7 Å². The van der Waals surface area contributed by atoms with Crippen molar-refractivity contribution in [1.29, 1.82) is 0 Å². The standard InChI is InChI=1S/C43H87N3O2.BrH/c1-7-9-11-13-15-17-19-21-23-25-27-29-31-34-38-45(43(48)41(3)44-42(47)37-33-36-40-46(4,5)6)39-35-32-30-28-26-24-22-20-18-16-14-12-10-8-2;/h41H,7-40H2,1-6H3;1H. The fraction of sp³-hybridized carbons (Fsp3) is 0.953. The van der Waals surface area contributed by atoms with Gasteiger partial charge >= 0.3 is 0 Å². The summed E-state index contributed by atoms with van der Waals surface area (Å²) in [5.41, 5.74) is 0. The Hall–Kier alpha value is -0.620. The lowest BCUT2D eigenvalue weighted by Crippen LogP contribution is -3.00. The number of carbonyl (C=O) groups excluding carboxylic acids is 2. The van der Waals surface area contributed by atoms with E-state index in [0.717, 1.165) is 49.8 Å². The van der Waals surface area contributed by atoms with Gasteiger partial charge in [-0.25, -0.2) is 0 Å². The maximum absolute atomic E-state index is 13.5. The minimum Gasteiger partial charge on any atom is -1.00 e. The Morgan fingerprint density at radius 2 is 0.796 bits per heavy atom. The maximum atomic E-state index is 13.5. The Bertz CT molecular complexity index is 680. The fourth-order valence-electron chi connectivity index (χ4n) is 6.85. The summed E-state index contributed by atoms with van der Waals surface area (Å²) < 4.78 is 0.921. The van der Waals surface area contributed by atoms with Crippen molar-refractivity contribution < 1.29 is 31.1 Å². The summed E-state index contributed by atoms with van der Waals surface area (Å²) >= 11 is 0. The molecule has 0 bridgehead atoms. The van der Waals surface area contributed by atoms with Gasteiger partial charge in [-0.3, -0.25) is 9.59 Å². The Kier molecular flexibility index (Phi) is 38.3. The van der Waals surface area contributed by atoms with Crippen LogP contribution in [0.1, 0.15) is 220 Å². The van der Waals surface area contributed by atoms with E-state index in [2.05, 4.69) is 45.2 Å². The van der Waals surface area contributed by atoms with Gasteiger partial charge in [-0.1, -0.05) is 181 Å². The Balaban J connectivity index is 0. The number of hydrogen-bond acceptors (Lipinski definition) is 2. The molecule has 0 heterocycles. The van der Waals surface area contributed by atoms with Gasteiger partial charge in [0.25, 0.3) is 0 Å². The van der Waals surface area contributed by atoms with Crippen molar-refractivity contribution in [3.05, 3.63) is 0 Å². The first kappa shape index (κ1) is 50.5. The molecule has 294 valence electrons. The highest BCUT2D eigenvalue weighted by molar-refractivity contribution is 5.87. The van der Waals surface area contributed by atoms with Crippen molar-refractivity contribution in [3.8, 4) is 0 Å². The number of carbonyl (C=O) groups is 2. The molecule has 0 saturated heterocycles. The summed E-state index contributed by atoms with van der Waals surface area (Å²) in [4.78, 5) is 28.2. The van der Waals surface area contributed by atoms with Gasteiger partial charge in [-0.15, -0.1) is 0 Å². The lowest BCUT2D eigenvalue weighted by Gasteiger charge is -2.27. The fourth-order valence-corrected chi connectivity index (χ4v) is 6.85. The zero-order chi connectivity index (χ0) is 35.6. The molecule has 1 atom stereocenters. The first-order valence-electron chi connectivity index (χ1n) is 21.6. The average molecular weight is 759 g/mol. The summed E-state index contributed by atoms with van der Waals surface area (Å²) in [5, 5.41) is 3.03. The summed E-state index contributed by atoms with van der Waals surface area (Å²) in [6.07, 6.45) is 40.1. The molecular weight excluding hydrogens is 670 g/mol. The molecule has 0 aliphatic heterocycles. The molecule has 1 unspecified atom stereocenters. The third-order valence-electron chi connectivity index (χ3n) is 10.1. The maximum Gasteiger partial charge on any atom is 0.244 e. The largest absolute Gasteiger partial charge is 1.00 e. The minimum atomic E-state index is -0.436. The number of hydrogen-bond donors (Lipinski definition) is 1. The van der Waals surface area contributed by atoms with E-state index in [1.807, 2.05) is 6.92 Å². The average Bonchev–Trinajstić information content (AvgIpc) is 3.05. The van der Waals surface area contributed by atoms with Crippen LogP contribution in [0.5, 0.6) is 0 Å². The molecule has 0 aliphatic carbocycles. The van der Waals surface area contributed by atoms with E-state index in [0.29, 0.717) is 6.42 Å². The van der Waals surface area contributed by atoms with Crippen molar-refractivity contribution in [2.24, 2.45) is 0 Å². The second kappa shape index (κ2) is 37.1. The van der Waals surface area contributed by atoms with E-state index in [4.69, 9.17) is 0 Å². The second-order valence-electron chi connectivity index (χ2n) is 16.3. The van der Waals surface area contributed by atoms with E-state index in [1.165, 1.54) is 167 Å². The van der Waals surface area contributed by atoms with Crippen LogP contribution in [-0.4, -0.2) is 68.0 Å². The number of rotatable bonds is 37. The van der Waals surface area contributed by atoms with E-state index in [-0.39, 0.29) is 28.8 Å². The van der Waals surface area contributed by atoms with E-state index in [9.17, 15) is 9.59 Å². The van der Waals surface area contributed by atoms with E-state index in [1.54, 1.807) is 0 Å². The quantitative estimate of drug-likeness (QED) is 0.0508. The zero-order valence-electron chi connectivity index (χ0n) is 34.2. The number of unbranched alkanes of at least 4 members (excludes halogenated alkanes) is 27. The van der Waals surface area contributed by atoms with Crippen molar-refractivity contribution in [2.45, 2.75) is 226 Å². The zero-order valence-corrected chi connectivity index (χ0v) is 35.8. The van der Waals surface area contributed by atoms with Crippen LogP contribution in [0.4, 0.5) is 0 Å². The predicted molar refractivity (Wildman–Crippen MR) is 212 cm³/mol. The third-order valence-corrected chi connectivity index (χ3v) is 10.1. The molecule has 0 spiro atoms. The van der Waals surface area contributed by atoms with Crippen LogP contribution in [0, 0.1) is 0 Å². The number of amides is 2. The first-order valence-corrected chi connectivity index (χ1v) is 21.6. The Morgan fingerprint density at radius 1 is 0.490 bits per heavy atom. The van der Waals surface area contributed by atoms with Crippen LogP contribution >= 0.6 is 0 Å². The highest BCUT2D eigenvalue weighted by Crippen LogP contribution is 2.15. The molecular formula is C43H88BrN3O2. The van der Waals surface area contributed by atoms with Crippen LogP contribution in [0.2, 0.25) is 0 Å². The van der Waals surface area contributed by atoms with Crippen LogP contribution in [0.15, 0.2) is 0 Å². The molecule has 5 nitrogen and oxygen atoms in total. The van der Waals surface area contributed by atoms with E-state index >= 15 is 0 Å². The van der Waals surface area contributed by atoms with Gasteiger partial charge in [0.1, 0.15) is 6.04 Å². The summed E-state index contributed by atoms with van der Waals surface area (Å²) in [6, 6.07) is -0.436. The topological polar surface area (TPSA) is 49.4 Å². The predicted octanol–water partition coefficient (Wildman–Crippen LogP) is 9.16. The summed E-state index contributed by atoms with van der Waals surface area (Å²) in [7, 11) is 6.56. The number of nitrogens with zero attached hydrogens (tertiary/aromatic N) is 2. The van der Waals surface area contributed by atoms with Crippen molar-refractivity contribution in [1.82, 2.24) is 10.2 Å². The Morgan fingerprint density at radius 3 is 1.10 bits per heavy atom. The lowest BCUT2D eigenvalue weighted by molar-refractivity contribution is -0.870. The van der Waals surface area contributed by atoms with Gasteiger partial charge in [0.2, 0.25) is 11.8 Å². The molecule has 0 radical (unpaired) electrons. The van der Waals surface area contributed by atoms with Crippen LogP contribution in [-0.2, 0) is 9.59 Å². The monoisotopic (exact) mass is 758 g/mol. The number of quaternary nitrogens is 1. The van der Waals surface area contributed by atoms with Crippen LogP contribution in [0.25, 0.3) is 0 Å². The van der Waals surface area contributed by atoms with Gasteiger partial charge in [-0.05, 0) is 32.6 Å². The van der Waals surface area contributed by atoms with E-state index < -0.39 is 6.04 Å². The molecule has 49 heavy (non-hydrogen) atoms. The molecule has 0 aliphatic rings. The minimum absolute atomic E-state index is 0. The van der Waals surface area contributed by atoms with Gasteiger partial charge in [0.05, 0.1) is 27.7 Å². The van der Waals surface area contributed by atoms with Crippen LogP contribution < -0.4 is 22.3 Å². The third kappa shape index (κ3) is 37.0. The molecule has 0 aromatic carbocycles. The molecule has 0 aromatic heterocycles. The molecule has 0 fully saturated rings. The smallest absolute Gasteiger partial charge is 0.244 e. The van der Waals surface area contributed by atoms with Gasteiger partial charge in [0, 0.05) is 19.5 Å². The Labute approximate surface area is 318 Å². The number of halogens is 1. The SMILES string of the molecule is CCCCCCCCCCCCCCCCN(CCCCCCCCCCCCCCCC)C(=O)C(C)NC(=O)CCCC[N+](C)(C)C.[Br-]. The lowest BCUT2D eigenvalue weighted by atomic mass is 10.0. The van der Waals surface area contributed by atoms with Crippen molar-refractivity contribution >= 4 is 11.8 Å². The van der Waals surface area contributed by atoms with Crippen molar-refractivity contribution in [3.63, 3.8) is 0 Å². The highest BCUT2D eigenvalue weighted by Gasteiger charge is 2.21. The molecule has 0 aromatic rings. The van der Waals surface area contributed by atoms with Gasteiger partial charge in [-0.2, -0.15) is 0 Å². The second-order valence-corrected chi connectivity index (χ2v) is 16.3. The summed E-state index contributed by atoms with van der Waals surface area (Å²) in [6.45, 7) is 9.19. The number of nitrogens with one attached hydrogen (secondary N) is 1. The molecule has 2 amide bonds. The first-order chi connectivity index (χ1) is 23.2.